The second kappa shape index (κ2) is 11.5. The van der Waals surface area contributed by atoms with E-state index in [1.54, 1.807) is 43.5 Å². The van der Waals surface area contributed by atoms with Gasteiger partial charge >= 0.3 is 0 Å². The van der Waals surface area contributed by atoms with Gasteiger partial charge in [-0.05, 0) is 88.2 Å². The fourth-order valence-corrected chi connectivity index (χ4v) is 6.05. The number of carbonyl (C=O) groups excluding carboxylic acids is 1. The molecule has 3 aromatic carbocycles. The van der Waals surface area contributed by atoms with Gasteiger partial charge in [-0.1, -0.05) is 47.5 Å². The number of nitrogens with one attached hydrogen (secondary N) is 1. The maximum atomic E-state index is 13.6. The molecule has 0 aliphatic heterocycles. The van der Waals surface area contributed by atoms with E-state index in [4.69, 9.17) is 11.6 Å². The molecule has 1 N–H and O–H groups in total. The van der Waals surface area contributed by atoms with Crippen LogP contribution in [-0.4, -0.2) is 31.7 Å². The van der Waals surface area contributed by atoms with Crippen LogP contribution in [0.25, 0.3) is 5.69 Å². The van der Waals surface area contributed by atoms with Gasteiger partial charge < -0.3 is 4.57 Å². The molecule has 4 rings (SSSR count). The molecule has 0 atom stereocenters. The molecule has 0 saturated carbocycles. The number of halogens is 1. The predicted octanol–water partition coefficient (Wildman–Crippen LogP) is 6.02. The highest BCUT2D eigenvalue weighted by Crippen LogP contribution is 2.29. The van der Waals surface area contributed by atoms with E-state index < -0.39 is 22.5 Å². The Hall–Kier alpha value is -3.88. The summed E-state index contributed by atoms with van der Waals surface area (Å²) in [4.78, 5) is 13.1. The lowest BCUT2D eigenvalue weighted by atomic mass is 10.2. The highest BCUT2D eigenvalue weighted by Gasteiger charge is 2.28. The molecule has 1 amide bonds. The van der Waals surface area contributed by atoms with Crippen molar-refractivity contribution in [2.75, 3.05) is 10.8 Å². The number of aryl methyl sites for hydroxylation is 4. The van der Waals surface area contributed by atoms with Crippen LogP contribution in [0.1, 0.15) is 33.6 Å². The van der Waals surface area contributed by atoms with Crippen LogP contribution in [0.3, 0.4) is 0 Å². The molecule has 39 heavy (non-hydrogen) atoms. The Balaban J connectivity index is 1.59. The highest BCUT2D eigenvalue weighted by atomic mass is 35.5. The van der Waals surface area contributed by atoms with Gasteiger partial charge in [0.25, 0.3) is 15.9 Å². The van der Waals surface area contributed by atoms with Crippen molar-refractivity contribution in [3.05, 3.63) is 111 Å². The third kappa shape index (κ3) is 6.24. The van der Waals surface area contributed by atoms with Crippen molar-refractivity contribution in [2.24, 2.45) is 5.10 Å². The Kier molecular flexibility index (Phi) is 8.28. The number of aromatic nitrogens is 1. The zero-order valence-corrected chi connectivity index (χ0v) is 24.1. The molecule has 7 nitrogen and oxygen atoms in total. The second-order valence-electron chi connectivity index (χ2n) is 9.55. The molecule has 0 fully saturated rings. The first kappa shape index (κ1) is 28.1. The number of nitrogens with zero attached hydrogens (tertiary/aromatic N) is 3. The van der Waals surface area contributed by atoms with E-state index in [2.05, 4.69) is 21.2 Å². The quantitative estimate of drug-likeness (QED) is 0.210. The van der Waals surface area contributed by atoms with Gasteiger partial charge in [-0.25, -0.2) is 13.8 Å². The molecule has 0 spiro atoms. The second-order valence-corrected chi connectivity index (χ2v) is 11.8. The van der Waals surface area contributed by atoms with E-state index in [-0.39, 0.29) is 4.90 Å². The average molecular weight is 563 g/mol. The largest absolute Gasteiger partial charge is 0.318 e. The number of hydrogen-bond donors (Lipinski definition) is 1. The summed E-state index contributed by atoms with van der Waals surface area (Å²) >= 11 is 6.20. The van der Waals surface area contributed by atoms with Crippen LogP contribution < -0.4 is 9.73 Å². The topological polar surface area (TPSA) is 83.8 Å². The minimum absolute atomic E-state index is 0.0763. The molecule has 0 aliphatic carbocycles. The number of hydrazone groups is 1. The summed E-state index contributed by atoms with van der Waals surface area (Å²) in [5.74, 6) is -0.589. The molecule has 1 aromatic heterocycles. The first-order valence-corrected chi connectivity index (χ1v) is 14.2. The van der Waals surface area contributed by atoms with Gasteiger partial charge in [0.1, 0.15) is 6.54 Å². The SMILES string of the molecule is Cc1ccc(S(=O)(=O)N(CC(=O)N/N=C\c2cc(C)n(-c3cccc(C)c3)c2C)c2cc(Cl)ccc2C)cc1. The Labute approximate surface area is 234 Å². The van der Waals surface area contributed by atoms with Crippen molar-refractivity contribution in [3.63, 3.8) is 0 Å². The van der Waals surface area contributed by atoms with Crippen LogP contribution >= 0.6 is 11.6 Å². The lowest BCUT2D eigenvalue weighted by molar-refractivity contribution is -0.119. The van der Waals surface area contributed by atoms with E-state index in [0.717, 1.165) is 38.1 Å². The third-order valence-electron chi connectivity index (χ3n) is 6.46. The predicted molar refractivity (Wildman–Crippen MR) is 158 cm³/mol. The first-order chi connectivity index (χ1) is 18.5. The molecule has 4 aromatic rings. The summed E-state index contributed by atoms with van der Waals surface area (Å²) in [7, 11) is -4.07. The fraction of sp³-hybridized carbons (Fsp3) is 0.200. The summed E-state index contributed by atoms with van der Waals surface area (Å²) in [6.45, 7) is 9.20. The van der Waals surface area contributed by atoms with Crippen molar-refractivity contribution < 1.29 is 13.2 Å². The molecule has 0 saturated heterocycles. The third-order valence-corrected chi connectivity index (χ3v) is 8.47. The number of anilines is 1. The number of sulfonamides is 1. The van der Waals surface area contributed by atoms with E-state index >= 15 is 0 Å². The van der Waals surface area contributed by atoms with Crippen LogP contribution in [0, 0.1) is 34.6 Å². The number of carbonyl (C=O) groups is 1. The maximum Gasteiger partial charge on any atom is 0.264 e. The van der Waals surface area contributed by atoms with Crippen molar-refractivity contribution in [2.45, 2.75) is 39.5 Å². The van der Waals surface area contributed by atoms with Gasteiger partial charge in [-0.2, -0.15) is 5.10 Å². The minimum atomic E-state index is -4.07. The van der Waals surface area contributed by atoms with Gasteiger partial charge in [0, 0.05) is 27.7 Å². The number of amides is 1. The van der Waals surface area contributed by atoms with Crippen LogP contribution in [0.2, 0.25) is 5.02 Å². The van der Waals surface area contributed by atoms with Crippen molar-refractivity contribution in [3.8, 4) is 5.69 Å². The molecular weight excluding hydrogens is 532 g/mol. The van der Waals surface area contributed by atoms with E-state index in [1.165, 1.54) is 12.1 Å². The van der Waals surface area contributed by atoms with Crippen LogP contribution in [0.5, 0.6) is 0 Å². The number of rotatable bonds is 8. The first-order valence-electron chi connectivity index (χ1n) is 12.4. The van der Waals surface area contributed by atoms with Gasteiger partial charge in [0.05, 0.1) is 16.8 Å². The lowest BCUT2D eigenvalue weighted by Gasteiger charge is -2.25. The molecule has 0 radical (unpaired) electrons. The van der Waals surface area contributed by atoms with Crippen LogP contribution in [0.4, 0.5) is 5.69 Å². The number of hydrogen-bond acceptors (Lipinski definition) is 4. The fourth-order valence-electron chi connectivity index (χ4n) is 4.41. The molecule has 0 aliphatic rings. The Morgan fingerprint density at radius 1 is 0.949 bits per heavy atom. The maximum absolute atomic E-state index is 13.6. The van der Waals surface area contributed by atoms with E-state index in [0.29, 0.717) is 16.3 Å². The molecule has 9 heteroatoms. The van der Waals surface area contributed by atoms with Crippen LogP contribution in [-0.2, 0) is 14.8 Å². The molecular formula is C30H31ClN4O3S. The molecule has 1 heterocycles. The van der Waals surface area contributed by atoms with Crippen molar-refractivity contribution in [1.29, 1.82) is 0 Å². The normalized spacial score (nSPS) is 11.6. The van der Waals surface area contributed by atoms with E-state index in [1.807, 2.05) is 52.0 Å². The molecule has 202 valence electrons. The highest BCUT2D eigenvalue weighted by molar-refractivity contribution is 7.92. The van der Waals surface area contributed by atoms with E-state index in [9.17, 15) is 13.2 Å². The zero-order chi connectivity index (χ0) is 28.3. The van der Waals surface area contributed by atoms with Gasteiger partial charge in [0.15, 0.2) is 0 Å². The number of benzene rings is 3. The lowest BCUT2D eigenvalue weighted by Crippen LogP contribution is -2.40. The zero-order valence-electron chi connectivity index (χ0n) is 22.6. The Morgan fingerprint density at radius 3 is 2.36 bits per heavy atom. The Morgan fingerprint density at radius 2 is 1.67 bits per heavy atom. The monoisotopic (exact) mass is 562 g/mol. The van der Waals surface area contributed by atoms with Gasteiger partial charge in [0.2, 0.25) is 0 Å². The summed E-state index contributed by atoms with van der Waals surface area (Å²) in [6, 6.07) is 21.6. The van der Waals surface area contributed by atoms with Gasteiger partial charge in [-0.15, -0.1) is 0 Å². The van der Waals surface area contributed by atoms with Crippen molar-refractivity contribution >= 4 is 39.4 Å². The van der Waals surface area contributed by atoms with Crippen molar-refractivity contribution in [1.82, 2.24) is 9.99 Å². The average Bonchev–Trinajstić information content (AvgIpc) is 3.17. The smallest absolute Gasteiger partial charge is 0.264 e. The summed E-state index contributed by atoms with van der Waals surface area (Å²) < 4.78 is 30.5. The molecule has 0 unspecified atom stereocenters. The van der Waals surface area contributed by atoms with Crippen LogP contribution in [0.15, 0.2) is 82.8 Å². The van der Waals surface area contributed by atoms with Gasteiger partial charge in [-0.3, -0.25) is 9.10 Å². The standard InChI is InChI=1S/C30H31ClN4O3S/c1-20-9-13-28(14-10-20)39(37,38)34(29-17-26(31)12-11-22(29)3)19-30(36)33-32-18-25-16-23(4)35(24(25)5)27-8-6-7-21(2)15-27/h6-18H,19H2,1-5H3,(H,33,36)/b32-18-. The molecule has 0 bridgehead atoms. The summed E-state index contributed by atoms with van der Waals surface area (Å²) in [5.41, 5.74) is 9.42. The minimum Gasteiger partial charge on any atom is -0.318 e. The summed E-state index contributed by atoms with van der Waals surface area (Å²) in [6.07, 6.45) is 1.57. The Bertz CT molecular complexity index is 1660. The summed E-state index contributed by atoms with van der Waals surface area (Å²) in [5, 5.41) is 4.50.